The lowest BCUT2D eigenvalue weighted by atomic mass is 10.1. The molecular formula is C15H12F2N2. The Labute approximate surface area is 110 Å². The van der Waals surface area contributed by atoms with Crippen molar-refractivity contribution in [3.8, 4) is 6.07 Å². The Balaban J connectivity index is 2.08. The highest BCUT2D eigenvalue weighted by Crippen LogP contribution is 2.16. The molecule has 1 atom stereocenters. The fourth-order valence-corrected chi connectivity index (χ4v) is 1.75. The van der Waals surface area contributed by atoms with Gasteiger partial charge in [0.2, 0.25) is 0 Å². The molecule has 0 aliphatic carbocycles. The number of nitriles is 1. The van der Waals surface area contributed by atoms with Gasteiger partial charge in [-0.2, -0.15) is 5.26 Å². The van der Waals surface area contributed by atoms with Crippen LogP contribution in [-0.2, 0) is 6.54 Å². The highest BCUT2D eigenvalue weighted by molar-refractivity contribution is 5.26. The number of nitrogens with one attached hydrogen (secondary N) is 1. The minimum Gasteiger partial charge on any atom is -0.294 e. The van der Waals surface area contributed by atoms with Crippen LogP contribution in [0.1, 0.15) is 17.2 Å². The van der Waals surface area contributed by atoms with Crippen molar-refractivity contribution >= 4 is 0 Å². The molecule has 19 heavy (non-hydrogen) atoms. The first-order valence-electron chi connectivity index (χ1n) is 5.82. The van der Waals surface area contributed by atoms with Crippen molar-refractivity contribution in [3.05, 3.63) is 71.3 Å². The average Bonchev–Trinajstić information content (AvgIpc) is 2.44. The molecule has 0 fully saturated rings. The lowest BCUT2D eigenvalue weighted by Crippen LogP contribution is -2.19. The van der Waals surface area contributed by atoms with E-state index in [4.69, 9.17) is 5.26 Å². The van der Waals surface area contributed by atoms with Gasteiger partial charge in [-0.15, -0.1) is 0 Å². The van der Waals surface area contributed by atoms with Gasteiger partial charge in [0.1, 0.15) is 6.04 Å². The molecule has 2 aromatic carbocycles. The number of hydrogen-bond donors (Lipinski definition) is 1. The van der Waals surface area contributed by atoms with Crippen LogP contribution in [0.25, 0.3) is 0 Å². The normalized spacial score (nSPS) is 11.8. The van der Waals surface area contributed by atoms with Gasteiger partial charge in [-0.25, -0.2) is 8.78 Å². The number of benzene rings is 2. The van der Waals surface area contributed by atoms with Gasteiger partial charge in [-0.1, -0.05) is 36.4 Å². The summed E-state index contributed by atoms with van der Waals surface area (Å²) < 4.78 is 26.0. The van der Waals surface area contributed by atoms with E-state index in [9.17, 15) is 8.78 Å². The molecule has 0 radical (unpaired) electrons. The topological polar surface area (TPSA) is 35.8 Å². The SMILES string of the molecule is N#C[C@H](NCc1ccccc1)c1ccc(F)c(F)c1. The number of hydrogen-bond acceptors (Lipinski definition) is 2. The van der Waals surface area contributed by atoms with Gasteiger partial charge in [0.25, 0.3) is 0 Å². The maximum Gasteiger partial charge on any atom is 0.159 e. The molecule has 4 heteroatoms. The maximum absolute atomic E-state index is 13.1. The van der Waals surface area contributed by atoms with Crippen LogP contribution in [0.3, 0.4) is 0 Å². The summed E-state index contributed by atoms with van der Waals surface area (Å²) >= 11 is 0. The first-order chi connectivity index (χ1) is 9.20. The minimum absolute atomic E-state index is 0.414. The molecule has 0 saturated heterocycles. The molecule has 0 bridgehead atoms. The molecule has 2 nitrogen and oxygen atoms in total. The highest BCUT2D eigenvalue weighted by atomic mass is 19.2. The van der Waals surface area contributed by atoms with Crippen molar-refractivity contribution in [2.24, 2.45) is 0 Å². The van der Waals surface area contributed by atoms with E-state index in [1.807, 2.05) is 36.4 Å². The molecule has 0 aliphatic rings. The lowest BCUT2D eigenvalue weighted by Gasteiger charge is -2.12. The molecule has 0 saturated carbocycles. The van der Waals surface area contributed by atoms with E-state index in [2.05, 4.69) is 5.32 Å². The standard InChI is InChI=1S/C15H12F2N2/c16-13-7-6-12(8-14(13)17)15(9-18)19-10-11-4-2-1-3-5-11/h1-8,15,19H,10H2/t15-/m0/s1. The van der Waals surface area contributed by atoms with Crippen molar-refractivity contribution in [2.75, 3.05) is 0 Å². The van der Waals surface area contributed by atoms with Gasteiger partial charge in [-0.05, 0) is 23.3 Å². The molecule has 1 N–H and O–H groups in total. The molecule has 96 valence electrons. The Kier molecular flexibility index (Phi) is 4.22. The summed E-state index contributed by atoms with van der Waals surface area (Å²) in [5.41, 5.74) is 1.43. The second kappa shape index (κ2) is 6.07. The summed E-state index contributed by atoms with van der Waals surface area (Å²) in [6.45, 7) is 0.484. The fraction of sp³-hybridized carbons (Fsp3) is 0.133. The number of nitrogens with zero attached hydrogens (tertiary/aromatic N) is 1. The zero-order valence-corrected chi connectivity index (χ0v) is 10.1. The Morgan fingerprint density at radius 2 is 1.79 bits per heavy atom. The quantitative estimate of drug-likeness (QED) is 0.913. The zero-order valence-electron chi connectivity index (χ0n) is 10.1. The average molecular weight is 258 g/mol. The van der Waals surface area contributed by atoms with Crippen LogP contribution in [0.5, 0.6) is 0 Å². The fourth-order valence-electron chi connectivity index (χ4n) is 1.75. The van der Waals surface area contributed by atoms with Crippen LogP contribution in [0.15, 0.2) is 48.5 Å². The minimum atomic E-state index is -0.945. The van der Waals surface area contributed by atoms with E-state index in [1.165, 1.54) is 6.07 Å². The van der Waals surface area contributed by atoms with E-state index in [0.717, 1.165) is 17.7 Å². The third-order valence-electron chi connectivity index (χ3n) is 2.76. The number of rotatable bonds is 4. The predicted molar refractivity (Wildman–Crippen MR) is 68.0 cm³/mol. The molecular weight excluding hydrogens is 246 g/mol. The van der Waals surface area contributed by atoms with Crippen LogP contribution in [0.2, 0.25) is 0 Å². The van der Waals surface area contributed by atoms with Crippen LogP contribution < -0.4 is 5.32 Å². The monoisotopic (exact) mass is 258 g/mol. The maximum atomic E-state index is 13.1. The lowest BCUT2D eigenvalue weighted by molar-refractivity contribution is 0.504. The molecule has 0 spiro atoms. The van der Waals surface area contributed by atoms with Gasteiger partial charge in [-0.3, -0.25) is 5.32 Å². The van der Waals surface area contributed by atoms with Crippen LogP contribution >= 0.6 is 0 Å². The Bertz CT molecular complexity index is 591. The predicted octanol–water partition coefficient (Wildman–Crippen LogP) is 3.32. The van der Waals surface area contributed by atoms with Crippen molar-refractivity contribution in [2.45, 2.75) is 12.6 Å². The molecule has 0 heterocycles. The summed E-state index contributed by atoms with van der Waals surface area (Å²) in [7, 11) is 0. The second-order valence-electron chi connectivity index (χ2n) is 4.10. The Morgan fingerprint density at radius 1 is 1.05 bits per heavy atom. The van der Waals surface area contributed by atoms with Gasteiger partial charge >= 0.3 is 0 Å². The van der Waals surface area contributed by atoms with E-state index in [0.29, 0.717) is 12.1 Å². The summed E-state index contributed by atoms with van der Waals surface area (Å²) in [5, 5.41) is 12.1. The van der Waals surface area contributed by atoms with E-state index < -0.39 is 17.7 Å². The second-order valence-corrected chi connectivity index (χ2v) is 4.10. The van der Waals surface area contributed by atoms with Gasteiger partial charge in [0.05, 0.1) is 6.07 Å². The summed E-state index contributed by atoms with van der Waals surface area (Å²) in [6.07, 6.45) is 0. The van der Waals surface area contributed by atoms with Crippen molar-refractivity contribution < 1.29 is 8.78 Å². The smallest absolute Gasteiger partial charge is 0.159 e. The van der Waals surface area contributed by atoms with E-state index in [1.54, 1.807) is 0 Å². The molecule has 0 unspecified atom stereocenters. The van der Waals surface area contributed by atoms with Crippen molar-refractivity contribution in [1.82, 2.24) is 5.32 Å². The molecule has 0 amide bonds. The Morgan fingerprint density at radius 3 is 2.42 bits per heavy atom. The van der Waals surface area contributed by atoms with Crippen molar-refractivity contribution in [3.63, 3.8) is 0 Å². The molecule has 0 aromatic heterocycles. The van der Waals surface area contributed by atoms with Gasteiger partial charge < -0.3 is 0 Å². The molecule has 2 rings (SSSR count). The first kappa shape index (κ1) is 13.2. The van der Waals surface area contributed by atoms with Crippen LogP contribution in [0, 0.1) is 23.0 Å². The first-order valence-corrected chi connectivity index (χ1v) is 5.82. The Hall–Kier alpha value is -2.25. The highest BCUT2D eigenvalue weighted by Gasteiger charge is 2.12. The summed E-state index contributed by atoms with van der Waals surface area (Å²) in [6, 6.07) is 14.4. The van der Waals surface area contributed by atoms with Crippen molar-refractivity contribution in [1.29, 1.82) is 5.26 Å². The zero-order chi connectivity index (χ0) is 13.7. The number of halogens is 2. The molecule has 0 aliphatic heterocycles. The van der Waals surface area contributed by atoms with Gasteiger partial charge in [0.15, 0.2) is 11.6 Å². The third kappa shape index (κ3) is 3.36. The van der Waals surface area contributed by atoms with Gasteiger partial charge in [0, 0.05) is 6.54 Å². The molecule has 2 aromatic rings. The van der Waals surface area contributed by atoms with Crippen LogP contribution in [-0.4, -0.2) is 0 Å². The summed E-state index contributed by atoms with van der Waals surface area (Å²) in [5.74, 6) is -1.86. The largest absolute Gasteiger partial charge is 0.294 e. The van der Waals surface area contributed by atoms with E-state index in [-0.39, 0.29) is 0 Å². The van der Waals surface area contributed by atoms with Crippen LogP contribution in [0.4, 0.5) is 8.78 Å². The third-order valence-corrected chi connectivity index (χ3v) is 2.76. The van der Waals surface area contributed by atoms with E-state index >= 15 is 0 Å². The summed E-state index contributed by atoms with van der Waals surface area (Å²) in [4.78, 5) is 0.